The highest BCUT2D eigenvalue weighted by Gasteiger charge is 2.14. The van der Waals surface area contributed by atoms with Gasteiger partial charge in [-0.15, -0.1) is 11.6 Å². The van der Waals surface area contributed by atoms with Gasteiger partial charge in [0.25, 0.3) is 0 Å². The van der Waals surface area contributed by atoms with Gasteiger partial charge in [-0.3, -0.25) is 4.79 Å². The van der Waals surface area contributed by atoms with Crippen molar-refractivity contribution in [2.24, 2.45) is 0 Å². The number of halogens is 1. The number of rotatable bonds is 6. The number of Topliss-reactive ketones (excluding diaryl/α,β-unsaturated/α-hetero) is 1. The molecule has 0 spiro atoms. The molecule has 4 nitrogen and oxygen atoms in total. The van der Waals surface area contributed by atoms with Crippen molar-refractivity contribution in [3.63, 3.8) is 0 Å². The van der Waals surface area contributed by atoms with Crippen molar-refractivity contribution in [2.75, 3.05) is 13.0 Å². The Morgan fingerprint density at radius 3 is 2.65 bits per heavy atom. The first-order chi connectivity index (χ1) is 8.10. The summed E-state index contributed by atoms with van der Waals surface area (Å²) in [5, 5.41) is 8.86. The number of ether oxygens (including phenoxy) is 1. The molecule has 0 heterocycles. The van der Waals surface area contributed by atoms with E-state index in [4.69, 9.17) is 21.4 Å². The molecule has 1 aromatic carbocycles. The highest BCUT2D eigenvalue weighted by atomic mass is 35.5. The second-order valence-corrected chi connectivity index (χ2v) is 3.81. The topological polar surface area (TPSA) is 63.6 Å². The zero-order valence-electron chi connectivity index (χ0n) is 9.40. The van der Waals surface area contributed by atoms with E-state index >= 15 is 0 Å². The Morgan fingerprint density at radius 2 is 2.12 bits per heavy atom. The molecule has 0 bridgehead atoms. The lowest BCUT2D eigenvalue weighted by molar-refractivity contribution is 0.0697. The summed E-state index contributed by atoms with van der Waals surface area (Å²) >= 11 is 5.51. The maximum absolute atomic E-state index is 11.8. The molecule has 0 radical (unpaired) electrons. The van der Waals surface area contributed by atoms with Crippen molar-refractivity contribution < 1.29 is 19.4 Å². The number of benzene rings is 1. The number of carboxylic acids is 1. The average molecular weight is 257 g/mol. The van der Waals surface area contributed by atoms with Gasteiger partial charge in [0, 0.05) is 12.3 Å². The van der Waals surface area contributed by atoms with Crippen LogP contribution in [-0.2, 0) is 0 Å². The standard InChI is InChI=1S/C12H13ClO4/c1-17-11-5-4-8(12(15)16)7-9(11)10(14)3-2-6-13/h4-5,7H,2-3,6H2,1H3,(H,15,16). The Morgan fingerprint density at radius 1 is 1.41 bits per heavy atom. The zero-order chi connectivity index (χ0) is 12.8. The maximum Gasteiger partial charge on any atom is 0.335 e. The number of hydrogen-bond donors (Lipinski definition) is 1. The second kappa shape index (κ2) is 6.25. The fraction of sp³-hybridized carbons (Fsp3) is 0.333. The molecule has 1 rings (SSSR count). The van der Waals surface area contributed by atoms with Crippen molar-refractivity contribution in [1.82, 2.24) is 0 Å². The molecule has 92 valence electrons. The lowest BCUT2D eigenvalue weighted by Gasteiger charge is -2.08. The molecule has 0 unspecified atom stereocenters. The quantitative estimate of drug-likeness (QED) is 0.628. The molecule has 1 N–H and O–H groups in total. The molecule has 0 aliphatic rings. The van der Waals surface area contributed by atoms with Crippen molar-refractivity contribution in [2.45, 2.75) is 12.8 Å². The summed E-state index contributed by atoms with van der Waals surface area (Å²) in [6, 6.07) is 4.22. The monoisotopic (exact) mass is 256 g/mol. The fourth-order valence-electron chi connectivity index (χ4n) is 1.42. The third kappa shape index (κ3) is 3.46. The van der Waals surface area contributed by atoms with Crippen LogP contribution in [0, 0.1) is 0 Å². The molecule has 0 amide bonds. The van der Waals surface area contributed by atoms with Crippen LogP contribution in [0.4, 0.5) is 0 Å². The SMILES string of the molecule is COc1ccc(C(=O)O)cc1C(=O)CCCCl. The molecule has 5 heteroatoms. The lowest BCUT2D eigenvalue weighted by atomic mass is 10.0. The van der Waals surface area contributed by atoms with E-state index in [1.807, 2.05) is 0 Å². The Labute approximate surface area is 104 Å². The van der Waals surface area contributed by atoms with Crippen molar-refractivity contribution in [3.05, 3.63) is 29.3 Å². The van der Waals surface area contributed by atoms with E-state index in [-0.39, 0.29) is 23.3 Å². The van der Waals surface area contributed by atoms with Gasteiger partial charge in [0.1, 0.15) is 5.75 Å². The van der Waals surface area contributed by atoms with Crippen LogP contribution in [0.1, 0.15) is 33.6 Å². The van der Waals surface area contributed by atoms with E-state index in [0.29, 0.717) is 18.1 Å². The van der Waals surface area contributed by atoms with Gasteiger partial charge in [-0.2, -0.15) is 0 Å². The van der Waals surface area contributed by atoms with Gasteiger partial charge >= 0.3 is 5.97 Å². The minimum absolute atomic E-state index is 0.0695. The number of carbonyl (C=O) groups is 2. The van der Waals surface area contributed by atoms with E-state index in [2.05, 4.69) is 0 Å². The fourth-order valence-corrected chi connectivity index (χ4v) is 1.55. The number of alkyl halides is 1. The highest BCUT2D eigenvalue weighted by molar-refractivity contribution is 6.18. The van der Waals surface area contributed by atoms with Gasteiger partial charge in [-0.1, -0.05) is 0 Å². The summed E-state index contributed by atoms with van der Waals surface area (Å²) in [6.45, 7) is 0. The van der Waals surface area contributed by atoms with Crippen LogP contribution in [0.15, 0.2) is 18.2 Å². The molecule has 0 aliphatic carbocycles. The summed E-state index contributed by atoms with van der Waals surface area (Å²) in [5.74, 6) is -0.452. The van der Waals surface area contributed by atoms with Crippen molar-refractivity contribution in [1.29, 1.82) is 0 Å². The maximum atomic E-state index is 11.8. The Kier molecular flexibility index (Phi) is 4.97. The largest absolute Gasteiger partial charge is 0.496 e. The minimum Gasteiger partial charge on any atom is -0.496 e. The number of hydrogen-bond acceptors (Lipinski definition) is 3. The van der Waals surface area contributed by atoms with Crippen LogP contribution >= 0.6 is 11.6 Å². The predicted octanol–water partition coefficient (Wildman–Crippen LogP) is 2.60. The zero-order valence-corrected chi connectivity index (χ0v) is 10.2. The number of ketones is 1. The molecule has 0 aromatic heterocycles. The highest BCUT2D eigenvalue weighted by Crippen LogP contribution is 2.22. The summed E-state index contributed by atoms with van der Waals surface area (Å²) in [5.41, 5.74) is 0.359. The van der Waals surface area contributed by atoms with Gasteiger partial charge in [-0.05, 0) is 24.6 Å². The van der Waals surface area contributed by atoms with Crippen LogP contribution < -0.4 is 4.74 Å². The van der Waals surface area contributed by atoms with Crippen LogP contribution in [0.5, 0.6) is 5.75 Å². The molecule has 0 saturated carbocycles. The van der Waals surface area contributed by atoms with Gasteiger partial charge < -0.3 is 9.84 Å². The summed E-state index contributed by atoms with van der Waals surface area (Å²) in [6.07, 6.45) is 0.837. The van der Waals surface area contributed by atoms with Crippen molar-refractivity contribution >= 4 is 23.4 Å². The Hall–Kier alpha value is -1.55. The van der Waals surface area contributed by atoms with Gasteiger partial charge in [0.15, 0.2) is 5.78 Å². The molecule has 1 aromatic rings. The van der Waals surface area contributed by atoms with E-state index in [0.717, 1.165) is 0 Å². The Balaban J connectivity index is 3.05. The number of carboxylic acid groups (broad SMARTS) is 1. The number of methoxy groups -OCH3 is 1. The first kappa shape index (κ1) is 13.5. The third-order valence-electron chi connectivity index (χ3n) is 2.28. The van der Waals surface area contributed by atoms with E-state index in [9.17, 15) is 9.59 Å². The second-order valence-electron chi connectivity index (χ2n) is 3.44. The molecular formula is C12H13ClO4. The normalized spacial score (nSPS) is 10.0. The van der Waals surface area contributed by atoms with Crippen LogP contribution in [0.25, 0.3) is 0 Å². The average Bonchev–Trinajstić information content (AvgIpc) is 2.34. The molecule has 17 heavy (non-hydrogen) atoms. The molecule has 0 saturated heterocycles. The van der Waals surface area contributed by atoms with Crippen molar-refractivity contribution in [3.8, 4) is 5.75 Å². The summed E-state index contributed by atoms with van der Waals surface area (Å²) < 4.78 is 5.03. The van der Waals surface area contributed by atoms with E-state index < -0.39 is 5.97 Å². The Bertz CT molecular complexity index is 429. The molecule has 0 aliphatic heterocycles. The minimum atomic E-state index is -1.07. The predicted molar refractivity (Wildman–Crippen MR) is 64.2 cm³/mol. The molecular weight excluding hydrogens is 244 g/mol. The first-order valence-corrected chi connectivity index (χ1v) is 5.64. The van der Waals surface area contributed by atoms with Gasteiger partial charge in [-0.25, -0.2) is 4.79 Å². The number of aromatic carboxylic acids is 1. The molecule has 0 atom stereocenters. The lowest BCUT2D eigenvalue weighted by Crippen LogP contribution is -2.05. The number of carbonyl (C=O) groups excluding carboxylic acids is 1. The summed E-state index contributed by atoms with van der Waals surface area (Å²) in [7, 11) is 1.44. The van der Waals surface area contributed by atoms with E-state index in [1.165, 1.54) is 25.3 Å². The summed E-state index contributed by atoms with van der Waals surface area (Å²) in [4.78, 5) is 22.6. The van der Waals surface area contributed by atoms with Crippen LogP contribution in [0.3, 0.4) is 0 Å². The van der Waals surface area contributed by atoms with Crippen LogP contribution in [-0.4, -0.2) is 29.8 Å². The smallest absolute Gasteiger partial charge is 0.335 e. The van der Waals surface area contributed by atoms with Gasteiger partial charge in [0.2, 0.25) is 0 Å². The first-order valence-electron chi connectivity index (χ1n) is 5.10. The van der Waals surface area contributed by atoms with E-state index in [1.54, 1.807) is 0 Å². The third-order valence-corrected chi connectivity index (χ3v) is 2.55. The van der Waals surface area contributed by atoms with Gasteiger partial charge in [0.05, 0.1) is 18.2 Å². The molecule has 0 fully saturated rings. The van der Waals surface area contributed by atoms with Crippen LogP contribution in [0.2, 0.25) is 0 Å².